The molecule has 1 rings (SSSR count). The highest BCUT2D eigenvalue weighted by Crippen LogP contribution is 1.94. The normalized spacial score (nSPS) is 11.4. The van der Waals surface area contributed by atoms with E-state index in [1.807, 2.05) is 10.9 Å². The first kappa shape index (κ1) is 18.0. The van der Waals surface area contributed by atoms with Gasteiger partial charge in [0.1, 0.15) is 0 Å². The van der Waals surface area contributed by atoms with Gasteiger partial charge >= 0.3 is 0 Å². The van der Waals surface area contributed by atoms with Crippen molar-refractivity contribution in [3.8, 4) is 0 Å². The molecular weight excluding hydrogens is 272 g/mol. The van der Waals surface area contributed by atoms with Crippen molar-refractivity contribution in [1.29, 1.82) is 0 Å². The molecule has 0 saturated carbocycles. The largest absolute Gasteiger partial charge is 0.382 e. The first-order chi connectivity index (χ1) is 10.2. The summed E-state index contributed by atoms with van der Waals surface area (Å²) in [7, 11) is 1.67. The van der Waals surface area contributed by atoms with Crippen LogP contribution in [0.1, 0.15) is 26.0 Å². The minimum Gasteiger partial charge on any atom is -0.382 e. The van der Waals surface area contributed by atoms with Crippen molar-refractivity contribution in [3.63, 3.8) is 0 Å². The zero-order valence-corrected chi connectivity index (χ0v) is 13.4. The first-order valence-electron chi connectivity index (χ1n) is 7.49. The third-order valence-electron chi connectivity index (χ3n) is 2.75. The fourth-order valence-electron chi connectivity index (χ4n) is 1.61. The highest BCUT2D eigenvalue weighted by atomic mass is 16.5. The number of nitrogens with one attached hydrogen (secondary N) is 1. The van der Waals surface area contributed by atoms with Crippen LogP contribution in [0.5, 0.6) is 0 Å². The Morgan fingerprint density at radius 3 is 2.62 bits per heavy atom. The number of nitrogens with zero attached hydrogens (tertiary/aromatic N) is 3. The van der Waals surface area contributed by atoms with Gasteiger partial charge in [-0.3, -0.25) is 0 Å². The van der Waals surface area contributed by atoms with Crippen LogP contribution in [0, 0.1) is 0 Å². The predicted molar refractivity (Wildman–Crippen MR) is 80.1 cm³/mol. The summed E-state index contributed by atoms with van der Waals surface area (Å²) in [6.45, 7) is 9.01. The van der Waals surface area contributed by atoms with Gasteiger partial charge in [-0.25, -0.2) is 4.68 Å². The van der Waals surface area contributed by atoms with Gasteiger partial charge in [-0.2, -0.15) is 0 Å². The Bertz CT molecular complexity index is 358. The molecule has 7 heteroatoms. The standard InChI is InChI=1S/C14H28N4O3/c1-13(2)15-11-14-12-18(17-16-14)5-8-20-6-4-7-21-10-9-19-3/h12-13,15H,4-11H2,1-3H3. The highest BCUT2D eigenvalue weighted by molar-refractivity contribution is 4.91. The quantitative estimate of drug-likeness (QED) is 0.545. The zero-order chi connectivity index (χ0) is 15.3. The van der Waals surface area contributed by atoms with Gasteiger partial charge in [-0.1, -0.05) is 19.1 Å². The SMILES string of the molecule is COCCOCCCOCCn1cc(CNC(C)C)nn1. The number of ether oxygens (including phenoxy) is 3. The van der Waals surface area contributed by atoms with Gasteiger partial charge in [0.15, 0.2) is 0 Å². The molecule has 1 aromatic rings. The van der Waals surface area contributed by atoms with Crippen molar-refractivity contribution in [3.05, 3.63) is 11.9 Å². The van der Waals surface area contributed by atoms with E-state index in [2.05, 4.69) is 29.5 Å². The van der Waals surface area contributed by atoms with E-state index in [4.69, 9.17) is 14.2 Å². The molecule has 21 heavy (non-hydrogen) atoms. The van der Waals surface area contributed by atoms with Gasteiger partial charge in [-0.05, 0) is 6.42 Å². The lowest BCUT2D eigenvalue weighted by Gasteiger charge is -2.05. The molecule has 0 aromatic carbocycles. The fourth-order valence-corrected chi connectivity index (χ4v) is 1.61. The maximum absolute atomic E-state index is 5.54. The number of methoxy groups -OCH3 is 1. The summed E-state index contributed by atoms with van der Waals surface area (Å²) in [4.78, 5) is 0. The van der Waals surface area contributed by atoms with Gasteiger partial charge in [0.25, 0.3) is 0 Å². The maximum atomic E-state index is 5.54. The second kappa shape index (κ2) is 11.6. The molecule has 122 valence electrons. The molecule has 1 N–H and O–H groups in total. The lowest BCUT2D eigenvalue weighted by Crippen LogP contribution is -2.21. The summed E-state index contributed by atoms with van der Waals surface area (Å²) in [6, 6.07) is 0.449. The molecule has 0 saturated heterocycles. The molecule has 0 unspecified atom stereocenters. The van der Waals surface area contributed by atoms with Gasteiger partial charge in [0.2, 0.25) is 0 Å². The fraction of sp³-hybridized carbons (Fsp3) is 0.857. The van der Waals surface area contributed by atoms with Crippen LogP contribution in [-0.4, -0.2) is 61.2 Å². The Morgan fingerprint density at radius 2 is 1.90 bits per heavy atom. The van der Waals surface area contributed by atoms with E-state index in [0.717, 1.165) is 25.2 Å². The summed E-state index contributed by atoms with van der Waals surface area (Å²) in [5.74, 6) is 0. The molecule has 0 spiro atoms. The first-order valence-corrected chi connectivity index (χ1v) is 7.49. The maximum Gasteiger partial charge on any atom is 0.0964 e. The molecule has 0 amide bonds. The van der Waals surface area contributed by atoms with E-state index >= 15 is 0 Å². The monoisotopic (exact) mass is 300 g/mol. The van der Waals surface area contributed by atoms with Gasteiger partial charge in [0.05, 0.1) is 32.1 Å². The predicted octanol–water partition coefficient (Wildman–Crippen LogP) is 0.846. The highest BCUT2D eigenvalue weighted by Gasteiger charge is 2.01. The van der Waals surface area contributed by atoms with Crippen LogP contribution < -0.4 is 5.32 Å². The van der Waals surface area contributed by atoms with E-state index in [-0.39, 0.29) is 0 Å². The Labute approximate surface area is 126 Å². The Kier molecular flexibility index (Phi) is 9.98. The van der Waals surface area contributed by atoms with Crippen LogP contribution in [0.4, 0.5) is 0 Å². The van der Waals surface area contributed by atoms with Crippen molar-refractivity contribution in [2.24, 2.45) is 0 Å². The number of rotatable bonds is 13. The Balaban J connectivity index is 1.97. The van der Waals surface area contributed by atoms with Gasteiger partial charge in [-0.15, -0.1) is 5.10 Å². The molecule has 0 fully saturated rings. The average molecular weight is 300 g/mol. The van der Waals surface area contributed by atoms with Gasteiger partial charge < -0.3 is 19.5 Å². The molecule has 0 aliphatic carbocycles. The van der Waals surface area contributed by atoms with E-state index in [9.17, 15) is 0 Å². The molecule has 0 atom stereocenters. The molecule has 0 radical (unpaired) electrons. The smallest absolute Gasteiger partial charge is 0.0964 e. The molecule has 0 bridgehead atoms. The second-order valence-corrected chi connectivity index (χ2v) is 5.08. The van der Waals surface area contributed by atoms with Crippen molar-refractivity contribution < 1.29 is 14.2 Å². The third-order valence-corrected chi connectivity index (χ3v) is 2.75. The Hall–Kier alpha value is -1.02. The van der Waals surface area contributed by atoms with Gasteiger partial charge in [0, 0.05) is 39.1 Å². The van der Waals surface area contributed by atoms with Crippen molar-refractivity contribution in [2.75, 3.05) is 40.1 Å². The van der Waals surface area contributed by atoms with E-state index in [0.29, 0.717) is 39.1 Å². The van der Waals surface area contributed by atoms with Crippen molar-refractivity contribution >= 4 is 0 Å². The summed E-state index contributed by atoms with van der Waals surface area (Å²) >= 11 is 0. The minimum absolute atomic E-state index is 0.449. The lowest BCUT2D eigenvalue weighted by molar-refractivity contribution is 0.0497. The van der Waals surface area contributed by atoms with Crippen LogP contribution in [0.2, 0.25) is 0 Å². The van der Waals surface area contributed by atoms with Crippen molar-refractivity contribution in [2.45, 2.75) is 39.4 Å². The molecular formula is C14H28N4O3. The van der Waals surface area contributed by atoms with E-state index < -0.39 is 0 Å². The second-order valence-electron chi connectivity index (χ2n) is 5.08. The zero-order valence-electron chi connectivity index (χ0n) is 13.4. The van der Waals surface area contributed by atoms with Crippen LogP contribution in [0.25, 0.3) is 0 Å². The van der Waals surface area contributed by atoms with E-state index in [1.54, 1.807) is 7.11 Å². The molecule has 0 aliphatic heterocycles. The summed E-state index contributed by atoms with van der Waals surface area (Å²) in [5.41, 5.74) is 0.954. The van der Waals surface area contributed by atoms with Crippen LogP contribution in [-0.2, 0) is 27.3 Å². The average Bonchev–Trinajstić information content (AvgIpc) is 2.91. The topological polar surface area (TPSA) is 70.4 Å². The molecule has 1 heterocycles. The Morgan fingerprint density at radius 1 is 1.14 bits per heavy atom. The molecule has 7 nitrogen and oxygen atoms in total. The number of hydrogen-bond donors (Lipinski definition) is 1. The molecule has 1 aromatic heterocycles. The van der Waals surface area contributed by atoms with E-state index in [1.165, 1.54) is 0 Å². The molecule has 0 aliphatic rings. The third kappa shape index (κ3) is 9.52. The number of aromatic nitrogens is 3. The van der Waals surface area contributed by atoms with Crippen LogP contribution >= 0.6 is 0 Å². The van der Waals surface area contributed by atoms with Crippen LogP contribution in [0.3, 0.4) is 0 Å². The van der Waals surface area contributed by atoms with Crippen LogP contribution in [0.15, 0.2) is 6.20 Å². The number of hydrogen-bond acceptors (Lipinski definition) is 6. The minimum atomic E-state index is 0.449. The summed E-state index contributed by atoms with van der Waals surface area (Å²) < 4.78 is 17.6. The summed E-state index contributed by atoms with van der Waals surface area (Å²) in [6.07, 6.45) is 2.84. The lowest BCUT2D eigenvalue weighted by atomic mass is 10.3. The van der Waals surface area contributed by atoms with Crippen molar-refractivity contribution in [1.82, 2.24) is 20.3 Å². The summed E-state index contributed by atoms with van der Waals surface area (Å²) in [5, 5.41) is 11.5.